The lowest BCUT2D eigenvalue weighted by Crippen LogP contribution is -2.24. The van der Waals surface area contributed by atoms with E-state index in [1.807, 2.05) is 0 Å². The van der Waals surface area contributed by atoms with Crippen molar-refractivity contribution in [1.29, 1.82) is 0 Å². The van der Waals surface area contributed by atoms with Crippen LogP contribution in [0.1, 0.15) is 25.3 Å². The summed E-state index contributed by atoms with van der Waals surface area (Å²) < 4.78 is 13.4. The van der Waals surface area contributed by atoms with Crippen LogP contribution in [0.3, 0.4) is 0 Å². The molecule has 102 valence electrons. The van der Waals surface area contributed by atoms with Crippen LogP contribution >= 0.6 is 11.6 Å². The molecule has 1 aromatic rings. The molecule has 0 amide bonds. The van der Waals surface area contributed by atoms with Gasteiger partial charge in [0, 0.05) is 10.6 Å². The zero-order valence-corrected chi connectivity index (χ0v) is 11.7. The summed E-state index contributed by atoms with van der Waals surface area (Å²) in [5.74, 6) is -0.214. The van der Waals surface area contributed by atoms with E-state index >= 15 is 0 Å². The Morgan fingerprint density at radius 2 is 1.83 bits per heavy atom. The lowest BCUT2D eigenvalue weighted by Gasteiger charge is -2.07. The summed E-state index contributed by atoms with van der Waals surface area (Å²) in [4.78, 5) is 0. The van der Waals surface area contributed by atoms with Crippen LogP contribution in [0, 0.1) is 5.82 Å². The third kappa shape index (κ3) is 5.80. The van der Waals surface area contributed by atoms with Gasteiger partial charge >= 0.3 is 0 Å². The molecule has 0 atom stereocenters. The average Bonchev–Trinajstić information content (AvgIpc) is 2.35. The molecular formula is C14H22ClFN2. The minimum atomic E-state index is -0.214. The molecule has 0 heterocycles. The molecule has 0 aliphatic rings. The lowest BCUT2D eigenvalue weighted by atomic mass is 10.1. The third-order valence-corrected chi connectivity index (χ3v) is 3.10. The first-order valence-electron chi connectivity index (χ1n) is 6.60. The Hall–Kier alpha value is -0.640. The summed E-state index contributed by atoms with van der Waals surface area (Å²) in [7, 11) is 0. The second-order valence-electron chi connectivity index (χ2n) is 4.30. The van der Waals surface area contributed by atoms with Crippen LogP contribution in [0.25, 0.3) is 0 Å². The average molecular weight is 273 g/mol. The van der Waals surface area contributed by atoms with Gasteiger partial charge in [0.1, 0.15) is 5.82 Å². The number of halogens is 2. The zero-order chi connectivity index (χ0) is 13.2. The van der Waals surface area contributed by atoms with Gasteiger partial charge in [0.25, 0.3) is 0 Å². The fraction of sp³-hybridized carbons (Fsp3) is 0.571. The van der Waals surface area contributed by atoms with Crippen LogP contribution in [-0.4, -0.2) is 26.2 Å². The topological polar surface area (TPSA) is 24.1 Å². The Bertz CT molecular complexity index is 324. The zero-order valence-electron chi connectivity index (χ0n) is 10.9. The van der Waals surface area contributed by atoms with E-state index in [2.05, 4.69) is 17.6 Å². The standard InChI is InChI=1S/C14H22ClFN2/c1-2-8-17-9-4-10-18-11-7-12-13(15)5-3-6-14(12)16/h3,5-6,17-18H,2,4,7-11H2,1H3. The Balaban J connectivity index is 2.11. The molecular weight excluding hydrogens is 251 g/mol. The summed E-state index contributed by atoms with van der Waals surface area (Å²) >= 11 is 5.95. The quantitative estimate of drug-likeness (QED) is 0.676. The summed E-state index contributed by atoms with van der Waals surface area (Å²) in [6, 6.07) is 4.82. The van der Waals surface area contributed by atoms with Crippen molar-refractivity contribution in [2.75, 3.05) is 26.2 Å². The van der Waals surface area contributed by atoms with Gasteiger partial charge in [0.2, 0.25) is 0 Å². The molecule has 18 heavy (non-hydrogen) atoms. The van der Waals surface area contributed by atoms with E-state index < -0.39 is 0 Å². The molecule has 0 saturated heterocycles. The lowest BCUT2D eigenvalue weighted by molar-refractivity contribution is 0.578. The highest BCUT2D eigenvalue weighted by Gasteiger charge is 2.05. The SMILES string of the molecule is CCCNCCCNCCc1c(F)cccc1Cl. The Morgan fingerprint density at radius 1 is 1.11 bits per heavy atom. The fourth-order valence-corrected chi connectivity index (χ4v) is 2.01. The van der Waals surface area contributed by atoms with Gasteiger partial charge in [0.15, 0.2) is 0 Å². The second kappa shape index (κ2) is 9.31. The molecule has 2 N–H and O–H groups in total. The van der Waals surface area contributed by atoms with Crippen molar-refractivity contribution in [1.82, 2.24) is 10.6 Å². The first-order valence-corrected chi connectivity index (χ1v) is 6.97. The summed E-state index contributed by atoms with van der Waals surface area (Å²) in [5, 5.41) is 7.16. The number of hydrogen-bond acceptors (Lipinski definition) is 2. The second-order valence-corrected chi connectivity index (χ2v) is 4.71. The minimum Gasteiger partial charge on any atom is -0.317 e. The molecule has 0 bridgehead atoms. The molecule has 2 nitrogen and oxygen atoms in total. The maximum atomic E-state index is 13.4. The number of hydrogen-bond donors (Lipinski definition) is 2. The van der Waals surface area contributed by atoms with Gasteiger partial charge in [-0.2, -0.15) is 0 Å². The van der Waals surface area contributed by atoms with Gasteiger partial charge in [0.05, 0.1) is 0 Å². The van der Waals surface area contributed by atoms with Crippen LogP contribution in [0.15, 0.2) is 18.2 Å². The largest absolute Gasteiger partial charge is 0.317 e. The van der Waals surface area contributed by atoms with Crippen molar-refractivity contribution in [3.8, 4) is 0 Å². The van der Waals surface area contributed by atoms with Crippen molar-refractivity contribution in [2.24, 2.45) is 0 Å². The van der Waals surface area contributed by atoms with Crippen molar-refractivity contribution < 1.29 is 4.39 Å². The summed E-state index contributed by atoms with van der Waals surface area (Å²) in [5.41, 5.74) is 0.607. The van der Waals surface area contributed by atoms with Gasteiger partial charge in [-0.15, -0.1) is 0 Å². The van der Waals surface area contributed by atoms with Crippen molar-refractivity contribution in [2.45, 2.75) is 26.2 Å². The highest BCUT2D eigenvalue weighted by molar-refractivity contribution is 6.31. The molecule has 0 aliphatic carbocycles. The van der Waals surface area contributed by atoms with Gasteiger partial charge in [-0.25, -0.2) is 4.39 Å². The highest BCUT2D eigenvalue weighted by Crippen LogP contribution is 2.18. The first kappa shape index (κ1) is 15.4. The Labute approximate surface area is 114 Å². The van der Waals surface area contributed by atoms with Gasteiger partial charge in [-0.05, 0) is 57.6 Å². The molecule has 0 fully saturated rings. The Kier molecular flexibility index (Phi) is 7.98. The van der Waals surface area contributed by atoms with E-state index in [0.29, 0.717) is 17.0 Å². The number of benzene rings is 1. The first-order chi connectivity index (χ1) is 8.75. The van der Waals surface area contributed by atoms with Crippen LogP contribution in [0.2, 0.25) is 5.02 Å². The minimum absolute atomic E-state index is 0.214. The third-order valence-electron chi connectivity index (χ3n) is 2.75. The summed E-state index contributed by atoms with van der Waals surface area (Å²) in [6.07, 6.45) is 2.89. The monoisotopic (exact) mass is 272 g/mol. The molecule has 0 aromatic heterocycles. The molecule has 0 saturated carbocycles. The highest BCUT2D eigenvalue weighted by atomic mass is 35.5. The molecule has 0 unspecified atom stereocenters. The predicted octanol–water partition coefficient (Wildman–Crippen LogP) is 3.00. The van der Waals surface area contributed by atoms with Gasteiger partial charge in [-0.3, -0.25) is 0 Å². The number of rotatable bonds is 9. The maximum Gasteiger partial charge on any atom is 0.127 e. The van der Waals surface area contributed by atoms with Crippen LogP contribution in [-0.2, 0) is 6.42 Å². The normalized spacial score (nSPS) is 10.8. The van der Waals surface area contributed by atoms with Crippen molar-refractivity contribution in [3.05, 3.63) is 34.6 Å². The van der Waals surface area contributed by atoms with Crippen molar-refractivity contribution in [3.63, 3.8) is 0 Å². The Morgan fingerprint density at radius 3 is 2.50 bits per heavy atom. The molecule has 4 heteroatoms. The predicted molar refractivity (Wildman–Crippen MR) is 75.8 cm³/mol. The van der Waals surface area contributed by atoms with Crippen LogP contribution < -0.4 is 10.6 Å². The van der Waals surface area contributed by atoms with E-state index in [1.54, 1.807) is 12.1 Å². The van der Waals surface area contributed by atoms with Gasteiger partial charge < -0.3 is 10.6 Å². The van der Waals surface area contributed by atoms with E-state index in [-0.39, 0.29) is 5.82 Å². The molecule has 0 radical (unpaired) electrons. The van der Waals surface area contributed by atoms with Crippen LogP contribution in [0.5, 0.6) is 0 Å². The van der Waals surface area contributed by atoms with E-state index in [0.717, 1.165) is 32.6 Å². The van der Waals surface area contributed by atoms with Crippen molar-refractivity contribution >= 4 is 11.6 Å². The number of nitrogens with one attached hydrogen (secondary N) is 2. The molecule has 1 aromatic carbocycles. The fourth-order valence-electron chi connectivity index (χ4n) is 1.75. The maximum absolute atomic E-state index is 13.4. The molecule has 1 rings (SSSR count). The molecule has 0 aliphatic heterocycles. The van der Waals surface area contributed by atoms with E-state index in [9.17, 15) is 4.39 Å². The summed E-state index contributed by atoms with van der Waals surface area (Å²) in [6.45, 7) is 5.97. The molecule has 0 spiro atoms. The van der Waals surface area contributed by atoms with Crippen LogP contribution in [0.4, 0.5) is 4.39 Å². The smallest absolute Gasteiger partial charge is 0.127 e. The van der Waals surface area contributed by atoms with E-state index in [1.165, 1.54) is 12.5 Å². The van der Waals surface area contributed by atoms with E-state index in [4.69, 9.17) is 11.6 Å². The van der Waals surface area contributed by atoms with Gasteiger partial charge in [-0.1, -0.05) is 24.6 Å².